The van der Waals surface area contributed by atoms with Gasteiger partial charge in [-0.05, 0) is 78.2 Å². The monoisotopic (exact) mass is 512 g/mol. The van der Waals surface area contributed by atoms with E-state index in [0.29, 0.717) is 23.1 Å². The summed E-state index contributed by atoms with van der Waals surface area (Å²) < 4.78 is 17.9. The molecule has 0 amide bonds. The Morgan fingerprint density at radius 3 is 1.92 bits per heavy atom. The molecule has 7 heteroatoms. The third kappa shape index (κ3) is 4.73. The lowest BCUT2D eigenvalue weighted by molar-refractivity contribution is -0.197. The van der Waals surface area contributed by atoms with Gasteiger partial charge in [-0.25, -0.2) is 14.4 Å². The first-order valence-electron chi connectivity index (χ1n) is 13.0. The van der Waals surface area contributed by atoms with Crippen LogP contribution in [0.2, 0.25) is 0 Å². The molecule has 0 aromatic heterocycles. The van der Waals surface area contributed by atoms with Gasteiger partial charge >= 0.3 is 17.9 Å². The van der Waals surface area contributed by atoms with Crippen molar-refractivity contribution in [1.82, 2.24) is 0 Å². The van der Waals surface area contributed by atoms with Crippen LogP contribution in [0.4, 0.5) is 0 Å². The molecule has 0 unspecified atom stereocenters. The standard InChI is InChI=1S/C30H40O7/c1-10-16(4)26(32)35-15-30(9)24-22-19(7)13-20(31)23(24)29(22,8)14-21(36-27(33)17(5)11-2)25(30)37-28(34)18(6)12-3/h10-13,21-25H,14-15H2,1-9H3/b16-10-,17-11-,18-12-/t21-,22-,23+,24-,25+,29+,30+/m0/s1. The van der Waals surface area contributed by atoms with Crippen LogP contribution in [0.25, 0.3) is 0 Å². The zero-order valence-corrected chi connectivity index (χ0v) is 23.5. The summed E-state index contributed by atoms with van der Waals surface area (Å²) in [5.41, 5.74) is 0.783. The van der Waals surface area contributed by atoms with Crippen molar-refractivity contribution in [1.29, 1.82) is 0 Å². The van der Waals surface area contributed by atoms with Gasteiger partial charge in [-0.15, -0.1) is 0 Å². The second kappa shape index (κ2) is 10.4. The molecule has 0 aromatic rings. The van der Waals surface area contributed by atoms with E-state index in [1.807, 2.05) is 20.8 Å². The van der Waals surface area contributed by atoms with Crippen molar-refractivity contribution in [3.63, 3.8) is 0 Å². The highest BCUT2D eigenvalue weighted by Crippen LogP contribution is 2.72. The molecule has 3 rings (SSSR count). The second-order valence-electron chi connectivity index (χ2n) is 11.2. The van der Waals surface area contributed by atoms with Crippen LogP contribution in [-0.4, -0.2) is 42.5 Å². The molecule has 3 aliphatic carbocycles. The van der Waals surface area contributed by atoms with Crippen molar-refractivity contribution in [3.05, 3.63) is 46.6 Å². The van der Waals surface area contributed by atoms with Gasteiger partial charge in [0.05, 0.1) is 0 Å². The molecular formula is C30H40O7. The van der Waals surface area contributed by atoms with Gasteiger partial charge in [-0.3, -0.25) is 4.79 Å². The molecule has 0 saturated heterocycles. The third-order valence-corrected chi connectivity index (χ3v) is 8.97. The molecule has 4 bridgehead atoms. The van der Waals surface area contributed by atoms with E-state index < -0.39 is 40.9 Å². The molecule has 0 heterocycles. The fourth-order valence-electron chi connectivity index (χ4n) is 6.59. The normalized spacial score (nSPS) is 35.6. The zero-order valence-electron chi connectivity index (χ0n) is 23.5. The van der Waals surface area contributed by atoms with Crippen LogP contribution in [0.3, 0.4) is 0 Å². The highest BCUT2D eigenvalue weighted by atomic mass is 16.6. The lowest BCUT2D eigenvalue weighted by Gasteiger charge is -2.65. The number of ketones is 1. The number of ether oxygens (including phenoxy) is 3. The van der Waals surface area contributed by atoms with E-state index in [1.165, 1.54) is 0 Å². The van der Waals surface area contributed by atoms with Gasteiger partial charge in [0, 0.05) is 28.1 Å². The molecule has 0 radical (unpaired) electrons. The number of fused-ring (bicyclic) bond motifs is 1. The van der Waals surface area contributed by atoms with Crippen LogP contribution in [-0.2, 0) is 33.4 Å². The van der Waals surface area contributed by atoms with Gasteiger partial charge in [0.15, 0.2) is 5.78 Å². The van der Waals surface area contributed by atoms with E-state index in [9.17, 15) is 19.2 Å². The molecule has 0 aliphatic heterocycles. The van der Waals surface area contributed by atoms with Crippen molar-refractivity contribution < 1.29 is 33.4 Å². The molecule has 2 fully saturated rings. The van der Waals surface area contributed by atoms with E-state index in [4.69, 9.17) is 14.2 Å². The summed E-state index contributed by atoms with van der Waals surface area (Å²) in [5, 5.41) is 0. The minimum Gasteiger partial charge on any atom is -0.462 e. The van der Waals surface area contributed by atoms with E-state index >= 15 is 0 Å². The molecule has 37 heavy (non-hydrogen) atoms. The number of esters is 3. The number of allylic oxidation sites excluding steroid dienone is 5. The first kappa shape index (κ1) is 28.6. The predicted molar refractivity (Wildman–Crippen MR) is 139 cm³/mol. The van der Waals surface area contributed by atoms with Crippen LogP contribution in [0, 0.1) is 28.6 Å². The minimum absolute atomic E-state index is 0.00255. The predicted octanol–water partition coefficient (Wildman–Crippen LogP) is 5.06. The smallest absolute Gasteiger partial charge is 0.333 e. The van der Waals surface area contributed by atoms with E-state index in [2.05, 4.69) is 0 Å². The molecule has 7 atom stereocenters. The van der Waals surface area contributed by atoms with Gasteiger partial charge in [-0.1, -0.05) is 37.6 Å². The van der Waals surface area contributed by atoms with E-state index in [-0.39, 0.29) is 30.1 Å². The van der Waals surface area contributed by atoms with E-state index in [0.717, 1.165) is 5.57 Å². The largest absolute Gasteiger partial charge is 0.462 e. The van der Waals surface area contributed by atoms with Gasteiger partial charge < -0.3 is 14.2 Å². The summed E-state index contributed by atoms with van der Waals surface area (Å²) in [5.74, 6) is -2.12. The van der Waals surface area contributed by atoms with Crippen molar-refractivity contribution in [2.24, 2.45) is 28.6 Å². The Morgan fingerprint density at radius 2 is 1.41 bits per heavy atom. The maximum Gasteiger partial charge on any atom is 0.333 e. The topological polar surface area (TPSA) is 96.0 Å². The average Bonchev–Trinajstić information content (AvgIpc) is 2.98. The Hall–Kier alpha value is -2.96. The number of rotatable bonds is 7. The Bertz CT molecular complexity index is 1120. The average molecular weight is 513 g/mol. The van der Waals surface area contributed by atoms with Crippen LogP contribution in [0.15, 0.2) is 46.6 Å². The minimum atomic E-state index is -0.987. The Balaban J connectivity index is 2.17. The van der Waals surface area contributed by atoms with Crippen LogP contribution in [0.5, 0.6) is 0 Å². The number of hydrogen-bond donors (Lipinski definition) is 0. The van der Waals surface area contributed by atoms with Crippen molar-refractivity contribution in [2.75, 3.05) is 6.61 Å². The lowest BCUT2D eigenvalue weighted by Crippen LogP contribution is -2.66. The molecule has 7 nitrogen and oxygen atoms in total. The van der Waals surface area contributed by atoms with Crippen LogP contribution in [0.1, 0.15) is 68.7 Å². The van der Waals surface area contributed by atoms with Gasteiger partial charge in [0.25, 0.3) is 0 Å². The number of carbonyl (C=O) groups is 4. The summed E-state index contributed by atoms with van der Waals surface area (Å²) in [7, 11) is 0. The van der Waals surface area contributed by atoms with Crippen LogP contribution >= 0.6 is 0 Å². The Morgan fingerprint density at radius 1 is 0.892 bits per heavy atom. The Labute approximate surface area is 220 Å². The highest BCUT2D eigenvalue weighted by Gasteiger charge is 2.74. The maximum atomic E-state index is 13.3. The lowest BCUT2D eigenvalue weighted by atomic mass is 9.38. The van der Waals surface area contributed by atoms with E-state index in [1.54, 1.807) is 65.8 Å². The summed E-state index contributed by atoms with van der Waals surface area (Å²) in [6.07, 6.45) is 5.28. The zero-order chi connectivity index (χ0) is 27.9. The molecule has 3 aliphatic rings. The summed E-state index contributed by atoms with van der Waals surface area (Å²) in [6.45, 7) is 16.0. The summed E-state index contributed by atoms with van der Waals surface area (Å²) >= 11 is 0. The molecule has 0 spiro atoms. The summed E-state index contributed by atoms with van der Waals surface area (Å²) in [6, 6.07) is 0. The van der Waals surface area contributed by atoms with Crippen molar-refractivity contribution in [2.45, 2.75) is 80.9 Å². The molecule has 2 saturated carbocycles. The number of carbonyl (C=O) groups excluding carboxylic acids is 4. The summed E-state index contributed by atoms with van der Waals surface area (Å²) in [4.78, 5) is 52.1. The molecular weight excluding hydrogens is 472 g/mol. The van der Waals surface area contributed by atoms with Gasteiger partial charge in [0.1, 0.15) is 18.8 Å². The van der Waals surface area contributed by atoms with Crippen molar-refractivity contribution in [3.8, 4) is 0 Å². The Kier molecular flexibility index (Phi) is 8.06. The highest BCUT2D eigenvalue weighted by molar-refractivity contribution is 5.97. The maximum absolute atomic E-state index is 13.3. The first-order chi connectivity index (χ1) is 17.3. The molecule has 202 valence electrons. The number of hydrogen-bond acceptors (Lipinski definition) is 7. The SMILES string of the molecule is C/C=C(/C)C(=O)OC[C@]1(C)[C@@H]2[C@H]3C(=O)C=C(C)[C@@H]2[C@@]3(C)C[C@H](OC(=O)/C(C)=C\C)[C@H]1OC(=O)/C(C)=C\C. The fraction of sp³-hybridized carbons (Fsp3) is 0.600. The van der Waals surface area contributed by atoms with Gasteiger partial charge in [0.2, 0.25) is 0 Å². The van der Waals surface area contributed by atoms with Crippen molar-refractivity contribution >= 4 is 23.7 Å². The van der Waals surface area contributed by atoms with Gasteiger partial charge in [-0.2, -0.15) is 0 Å². The quantitative estimate of drug-likeness (QED) is 0.267. The first-order valence-corrected chi connectivity index (χ1v) is 13.0. The molecule has 0 aromatic carbocycles. The second-order valence-corrected chi connectivity index (χ2v) is 11.2. The fourth-order valence-corrected chi connectivity index (χ4v) is 6.59. The molecule has 0 N–H and O–H groups in total. The van der Waals surface area contributed by atoms with Crippen LogP contribution < -0.4 is 0 Å². The third-order valence-electron chi connectivity index (χ3n) is 8.97.